The monoisotopic (exact) mass is 553 g/mol. The Kier molecular flexibility index (Phi) is 7.45. The third-order valence-electron chi connectivity index (χ3n) is 7.03. The fourth-order valence-corrected chi connectivity index (χ4v) is 4.90. The summed E-state index contributed by atoms with van der Waals surface area (Å²) in [5.74, 6) is 2.27. The van der Waals surface area contributed by atoms with Crippen molar-refractivity contribution in [2.75, 3.05) is 70.2 Å². The first kappa shape index (κ1) is 25.7. The molecule has 39 heavy (non-hydrogen) atoms. The Morgan fingerprint density at radius 2 is 1.90 bits per heavy atom. The molecule has 3 aliphatic rings. The van der Waals surface area contributed by atoms with Gasteiger partial charge in [0.2, 0.25) is 5.75 Å². The highest BCUT2D eigenvalue weighted by Crippen LogP contribution is 2.47. The summed E-state index contributed by atoms with van der Waals surface area (Å²) in [6.45, 7) is 6.42. The van der Waals surface area contributed by atoms with E-state index in [0.717, 1.165) is 45.6 Å². The zero-order valence-electron chi connectivity index (χ0n) is 21.8. The van der Waals surface area contributed by atoms with Gasteiger partial charge in [0.05, 0.1) is 21.6 Å². The van der Waals surface area contributed by atoms with Crippen molar-refractivity contribution in [1.82, 2.24) is 25.1 Å². The van der Waals surface area contributed by atoms with Gasteiger partial charge in [0.25, 0.3) is 0 Å². The molecule has 12 heteroatoms. The number of hydrogen-bond donors (Lipinski definition) is 3. The summed E-state index contributed by atoms with van der Waals surface area (Å²) in [6, 6.07) is 7.19. The number of ether oxygens (including phenoxy) is 3. The van der Waals surface area contributed by atoms with Crippen molar-refractivity contribution in [3.8, 4) is 17.2 Å². The van der Waals surface area contributed by atoms with Gasteiger partial charge in [-0.3, -0.25) is 4.90 Å². The molecule has 3 N–H and O–H groups in total. The Balaban J connectivity index is 1.20. The van der Waals surface area contributed by atoms with Crippen LogP contribution in [0.25, 0.3) is 10.9 Å². The van der Waals surface area contributed by atoms with E-state index < -0.39 is 0 Å². The molecule has 6 rings (SSSR count). The Bertz CT molecular complexity index is 1360. The fraction of sp³-hybridized carbons (Fsp3) is 0.444. The number of carbonyl (C=O) groups is 1. The Hall–Kier alpha value is -3.54. The molecule has 1 saturated carbocycles. The molecule has 3 aromatic rings. The molecule has 1 saturated heterocycles. The van der Waals surface area contributed by atoms with E-state index >= 15 is 0 Å². The number of halogens is 1. The summed E-state index contributed by atoms with van der Waals surface area (Å²) in [5.41, 5.74) is 1.90. The van der Waals surface area contributed by atoms with Crippen molar-refractivity contribution >= 4 is 45.7 Å². The van der Waals surface area contributed by atoms with Crippen LogP contribution in [0.3, 0.4) is 0 Å². The highest BCUT2D eigenvalue weighted by Gasteiger charge is 2.26. The molecule has 2 aromatic carbocycles. The van der Waals surface area contributed by atoms with Crippen molar-refractivity contribution in [3.05, 3.63) is 35.6 Å². The lowest BCUT2D eigenvalue weighted by Crippen LogP contribution is -2.45. The van der Waals surface area contributed by atoms with E-state index in [-0.39, 0.29) is 12.1 Å². The lowest BCUT2D eigenvalue weighted by molar-refractivity contribution is 0.128. The maximum atomic E-state index is 12.1. The van der Waals surface area contributed by atoms with E-state index in [0.29, 0.717) is 70.2 Å². The first-order chi connectivity index (χ1) is 19.0. The first-order valence-corrected chi connectivity index (χ1v) is 13.7. The van der Waals surface area contributed by atoms with Crippen LogP contribution in [-0.2, 0) is 0 Å². The largest absolute Gasteiger partial charge is 0.488 e. The van der Waals surface area contributed by atoms with E-state index in [2.05, 4.69) is 42.8 Å². The van der Waals surface area contributed by atoms with Crippen LogP contribution >= 0.6 is 11.6 Å². The van der Waals surface area contributed by atoms with Crippen LogP contribution in [0.5, 0.6) is 17.2 Å². The van der Waals surface area contributed by atoms with Gasteiger partial charge < -0.3 is 35.1 Å². The number of fused-ring (bicyclic) bond motifs is 3. The van der Waals surface area contributed by atoms with E-state index in [9.17, 15) is 4.79 Å². The molecule has 2 aliphatic heterocycles. The standard InChI is InChI=1S/C27H32ClN7O4/c1-34-6-8-35(9-7-34)10-11-37-22-15-21-23(25-24(22)38-12-13-39-25)26(30-16-29-21)31-18-4-5-20(19(28)14-18)33-27(36)32-17-2-3-17/h4-5,14-17H,2-3,6-13H2,1H3,(H,29,30,31)(H2,32,33,36). The number of urea groups is 1. The van der Waals surface area contributed by atoms with Crippen LogP contribution in [0, 0.1) is 0 Å². The number of likely N-dealkylation sites (N-methyl/N-ethyl adjacent to an activating group) is 1. The van der Waals surface area contributed by atoms with Gasteiger partial charge in [0.15, 0.2) is 11.5 Å². The van der Waals surface area contributed by atoms with Crippen molar-refractivity contribution in [1.29, 1.82) is 0 Å². The van der Waals surface area contributed by atoms with Crippen molar-refractivity contribution in [3.63, 3.8) is 0 Å². The predicted octanol–water partition coefficient (Wildman–Crippen LogP) is 3.71. The minimum atomic E-state index is -0.257. The molecule has 0 bridgehead atoms. The summed E-state index contributed by atoms with van der Waals surface area (Å²) in [7, 11) is 2.15. The quantitative estimate of drug-likeness (QED) is 0.384. The molecule has 3 heterocycles. The second-order valence-corrected chi connectivity index (χ2v) is 10.4. The number of amides is 2. The number of nitrogens with zero attached hydrogens (tertiary/aromatic N) is 4. The number of hydrogen-bond acceptors (Lipinski definition) is 9. The number of rotatable bonds is 8. The van der Waals surface area contributed by atoms with Gasteiger partial charge in [-0.1, -0.05) is 11.6 Å². The molecule has 2 amide bonds. The summed E-state index contributed by atoms with van der Waals surface area (Å²) < 4.78 is 18.3. The van der Waals surface area contributed by atoms with Gasteiger partial charge in [0.1, 0.15) is 32.0 Å². The zero-order valence-corrected chi connectivity index (χ0v) is 22.6. The van der Waals surface area contributed by atoms with Gasteiger partial charge in [0, 0.05) is 50.5 Å². The maximum Gasteiger partial charge on any atom is 0.319 e. The van der Waals surface area contributed by atoms with E-state index in [1.165, 1.54) is 6.33 Å². The molecule has 1 aliphatic carbocycles. The topological polar surface area (TPSA) is 113 Å². The summed E-state index contributed by atoms with van der Waals surface area (Å²) in [4.78, 5) is 25.8. The fourth-order valence-electron chi connectivity index (χ4n) is 4.67. The molecule has 0 unspecified atom stereocenters. The third kappa shape index (κ3) is 6.05. The van der Waals surface area contributed by atoms with Crippen LogP contribution in [0.1, 0.15) is 12.8 Å². The molecule has 0 atom stereocenters. The lowest BCUT2D eigenvalue weighted by atomic mass is 10.1. The maximum absolute atomic E-state index is 12.1. The van der Waals surface area contributed by atoms with Crippen molar-refractivity contribution in [2.45, 2.75) is 18.9 Å². The average Bonchev–Trinajstić information content (AvgIpc) is 3.75. The minimum absolute atomic E-state index is 0.257. The van der Waals surface area contributed by atoms with Gasteiger partial charge in [-0.15, -0.1) is 0 Å². The average molecular weight is 554 g/mol. The first-order valence-electron chi connectivity index (χ1n) is 13.3. The van der Waals surface area contributed by atoms with Crippen LogP contribution in [0.15, 0.2) is 30.6 Å². The summed E-state index contributed by atoms with van der Waals surface area (Å²) in [5, 5.41) is 10.1. The molecule has 206 valence electrons. The normalized spacial score (nSPS) is 17.6. The number of benzene rings is 2. The van der Waals surface area contributed by atoms with Gasteiger partial charge in [-0.25, -0.2) is 14.8 Å². The van der Waals surface area contributed by atoms with Crippen LogP contribution in [-0.4, -0.2) is 91.4 Å². The molecule has 11 nitrogen and oxygen atoms in total. The highest BCUT2D eigenvalue weighted by atomic mass is 35.5. The van der Waals surface area contributed by atoms with Gasteiger partial charge in [-0.2, -0.15) is 0 Å². The lowest BCUT2D eigenvalue weighted by Gasteiger charge is -2.32. The molecule has 0 radical (unpaired) electrons. The van der Waals surface area contributed by atoms with Gasteiger partial charge >= 0.3 is 6.03 Å². The Labute approximate surface area is 231 Å². The predicted molar refractivity (Wildman–Crippen MR) is 150 cm³/mol. The van der Waals surface area contributed by atoms with Crippen LogP contribution < -0.4 is 30.2 Å². The third-order valence-corrected chi connectivity index (χ3v) is 7.34. The number of anilines is 3. The molecule has 1 aromatic heterocycles. The van der Waals surface area contributed by atoms with Crippen LogP contribution in [0.4, 0.5) is 22.0 Å². The number of piperazine rings is 1. The molecular weight excluding hydrogens is 522 g/mol. The Morgan fingerprint density at radius 1 is 1.10 bits per heavy atom. The number of carbonyl (C=O) groups excluding carboxylic acids is 1. The van der Waals surface area contributed by atoms with Crippen molar-refractivity contribution in [2.24, 2.45) is 0 Å². The van der Waals surface area contributed by atoms with E-state index in [1.54, 1.807) is 12.1 Å². The molecule has 0 spiro atoms. The molecular formula is C27H32ClN7O4. The van der Waals surface area contributed by atoms with E-state index in [4.69, 9.17) is 25.8 Å². The highest BCUT2D eigenvalue weighted by molar-refractivity contribution is 6.34. The second kappa shape index (κ2) is 11.3. The van der Waals surface area contributed by atoms with Gasteiger partial charge in [-0.05, 0) is 38.1 Å². The number of nitrogens with one attached hydrogen (secondary N) is 3. The van der Waals surface area contributed by atoms with Crippen molar-refractivity contribution < 1.29 is 19.0 Å². The number of aromatic nitrogens is 2. The minimum Gasteiger partial charge on any atom is -0.488 e. The second-order valence-electron chi connectivity index (χ2n) is 10.0. The van der Waals surface area contributed by atoms with E-state index in [1.807, 2.05) is 12.1 Å². The zero-order chi connectivity index (χ0) is 26.8. The summed E-state index contributed by atoms with van der Waals surface area (Å²) >= 11 is 6.48. The SMILES string of the molecule is CN1CCN(CCOc2cc3ncnc(Nc4ccc(NC(=O)NC5CC5)c(Cl)c4)c3c3c2OCCO3)CC1. The summed E-state index contributed by atoms with van der Waals surface area (Å²) in [6.07, 6.45) is 3.52. The Morgan fingerprint density at radius 3 is 2.67 bits per heavy atom. The smallest absolute Gasteiger partial charge is 0.319 e. The molecule has 2 fully saturated rings. The van der Waals surface area contributed by atoms with Crippen LogP contribution in [0.2, 0.25) is 5.02 Å².